The van der Waals surface area contributed by atoms with Gasteiger partial charge in [-0.3, -0.25) is 4.79 Å². The lowest BCUT2D eigenvalue weighted by molar-refractivity contribution is 0.0970. The molecule has 1 atom stereocenters. The van der Waals surface area contributed by atoms with Crippen LogP contribution in [0.4, 0.5) is 5.69 Å². The highest BCUT2D eigenvalue weighted by molar-refractivity contribution is 6.31. The first-order valence-electron chi connectivity index (χ1n) is 6.92. The summed E-state index contributed by atoms with van der Waals surface area (Å²) in [5, 5.41) is 10.7. The van der Waals surface area contributed by atoms with Crippen molar-refractivity contribution < 1.29 is 9.90 Å². The quantitative estimate of drug-likeness (QED) is 0.872. The molecule has 1 unspecified atom stereocenters. The number of amides is 1. The van der Waals surface area contributed by atoms with E-state index in [0.29, 0.717) is 23.6 Å². The number of rotatable bonds is 1. The molecule has 3 nitrogen and oxygen atoms in total. The minimum atomic E-state index is -0.511. The van der Waals surface area contributed by atoms with Crippen LogP contribution in [0.2, 0.25) is 5.02 Å². The Hall–Kier alpha value is -1.84. The number of nitrogens with zero attached hydrogens (tertiary/aromatic N) is 1. The first-order valence-corrected chi connectivity index (χ1v) is 7.30. The van der Waals surface area contributed by atoms with Gasteiger partial charge in [0.05, 0.1) is 6.10 Å². The normalized spacial score (nSPS) is 17.5. The van der Waals surface area contributed by atoms with Crippen LogP contribution in [0.3, 0.4) is 0 Å². The van der Waals surface area contributed by atoms with Crippen LogP contribution in [0, 0.1) is 6.92 Å². The van der Waals surface area contributed by atoms with Crippen molar-refractivity contribution in [3.63, 3.8) is 0 Å². The molecule has 0 spiro atoms. The number of aliphatic hydroxyl groups is 1. The maximum Gasteiger partial charge on any atom is 0.258 e. The number of aliphatic hydroxyl groups excluding tert-OH is 1. The first-order chi connectivity index (χ1) is 10.1. The Bertz CT molecular complexity index is 699. The van der Waals surface area contributed by atoms with Gasteiger partial charge in [-0.1, -0.05) is 35.4 Å². The smallest absolute Gasteiger partial charge is 0.258 e. The zero-order valence-electron chi connectivity index (χ0n) is 11.7. The van der Waals surface area contributed by atoms with Crippen LogP contribution in [-0.4, -0.2) is 17.6 Å². The Morgan fingerprint density at radius 3 is 2.86 bits per heavy atom. The summed E-state index contributed by atoms with van der Waals surface area (Å²) in [4.78, 5) is 14.4. The van der Waals surface area contributed by atoms with Crippen molar-refractivity contribution in [1.82, 2.24) is 0 Å². The van der Waals surface area contributed by atoms with Gasteiger partial charge in [-0.25, -0.2) is 0 Å². The lowest BCUT2D eigenvalue weighted by Gasteiger charge is -2.32. The summed E-state index contributed by atoms with van der Waals surface area (Å²) < 4.78 is 0. The molecule has 1 heterocycles. The molecule has 1 amide bonds. The van der Waals surface area contributed by atoms with Crippen molar-refractivity contribution >= 4 is 23.2 Å². The molecule has 2 aromatic rings. The molecule has 0 fully saturated rings. The molecule has 3 rings (SSSR count). The van der Waals surface area contributed by atoms with Crippen LogP contribution in [-0.2, 0) is 0 Å². The second-order valence-corrected chi connectivity index (χ2v) is 5.77. The predicted molar refractivity (Wildman–Crippen MR) is 83.9 cm³/mol. The van der Waals surface area contributed by atoms with Crippen LogP contribution < -0.4 is 4.90 Å². The van der Waals surface area contributed by atoms with Crippen LogP contribution in [0.5, 0.6) is 0 Å². The van der Waals surface area contributed by atoms with Crippen LogP contribution in [0.15, 0.2) is 42.5 Å². The van der Waals surface area contributed by atoms with Gasteiger partial charge in [0.2, 0.25) is 0 Å². The zero-order valence-corrected chi connectivity index (χ0v) is 12.5. The van der Waals surface area contributed by atoms with E-state index in [1.54, 1.807) is 29.2 Å². The van der Waals surface area contributed by atoms with Crippen molar-refractivity contribution in [1.29, 1.82) is 0 Å². The average Bonchev–Trinajstić information content (AvgIpc) is 2.47. The predicted octanol–water partition coefficient (Wildman–Crippen LogP) is 3.73. The number of carbonyl (C=O) groups excluding carboxylic acids is 1. The van der Waals surface area contributed by atoms with Gasteiger partial charge in [0.15, 0.2) is 0 Å². The summed E-state index contributed by atoms with van der Waals surface area (Å²) >= 11 is 5.96. The van der Waals surface area contributed by atoms with Gasteiger partial charge < -0.3 is 10.0 Å². The number of halogens is 1. The molecular weight excluding hydrogens is 286 g/mol. The van der Waals surface area contributed by atoms with Gasteiger partial charge >= 0.3 is 0 Å². The lowest BCUT2D eigenvalue weighted by Crippen LogP contribution is -2.36. The van der Waals surface area contributed by atoms with E-state index in [0.717, 1.165) is 16.8 Å². The summed E-state index contributed by atoms with van der Waals surface area (Å²) in [5.74, 6) is -0.0884. The lowest BCUT2D eigenvalue weighted by atomic mass is 9.96. The molecule has 1 aliphatic rings. The van der Waals surface area contributed by atoms with E-state index in [9.17, 15) is 9.90 Å². The molecule has 0 aliphatic carbocycles. The third-order valence-corrected chi connectivity index (χ3v) is 4.01. The van der Waals surface area contributed by atoms with Crippen LogP contribution >= 0.6 is 11.6 Å². The highest BCUT2D eigenvalue weighted by Crippen LogP contribution is 2.35. The number of aryl methyl sites for hydroxylation is 1. The largest absolute Gasteiger partial charge is 0.388 e. The Balaban J connectivity index is 2.01. The summed E-state index contributed by atoms with van der Waals surface area (Å²) in [6.45, 7) is 2.48. The van der Waals surface area contributed by atoms with Crippen molar-refractivity contribution in [3.8, 4) is 0 Å². The zero-order chi connectivity index (χ0) is 15.0. The van der Waals surface area contributed by atoms with E-state index in [-0.39, 0.29) is 5.91 Å². The van der Waals surface area contributed by atoms with Gasteiger partial charge in [-0.05, 0) is 37.6 Å². The Kier molecular flexibility index (Phi) is 3.70. The molecule has 0 saturated heterocycles. The van der Waals surface area contributed by atoms with E-state index >= 15 is 0 Å². The van der Waals surface area contributed by atoms with E-state index in [4.69, 9.17) is 11.6 Å². The van der Waals surface area contributed by atoms with Crippen LogP contribution in [0.1, 0.15) is 34.0 Å². The molecule has 4 heteroatoms. The molecule has 0 saturated carbocycles. The third-order valence-electron chi connectivity index (χ3n) is 3.78. The van der Waals surface area contributed by atoms with E-state index < -0.39 is 6.10 Å². The third kappa shape index (κ3) is 2.67. The SMILES string of the molecule is Cc1ccc2c(c1)C(O)CCN2C(=O)c1cccc(Cl)c1. The van der Waals surface area contributed by atoms with Gasteiger partial charge in [-0.15, -0.1) is 0 Å². The number of fused-ring (bicyclic) bond motifs is 1. The number of benzene rings is 2. The van der Waals surface area contributed by atoms with Crippen molar-refractivity contribution in [2.45, 2.75) is 19.4 Å². The minimum absolute atomic E-state index is 0.0884. The molecular formula is C17H16ClNO2. The minimum Gasteiger partial charge on any atom is -0.388 e. The summed E-state index contributed by atoms with van der Waals surface area (Å²) in [5.41, 5.74) is 3.23. The summed E-state index contributed by atoms with van der Waals surface area (Å²) in [6, 6.07) is 12.7. The number of hydrogen-bond acceptors (Lipinski definition) is 2. The van der Waals surface area contributed by atoms with Crippen molar-refractivity contribution in [2.24, 2.45) is 0 Å². The van der Waals surface area contributed by atoms with Crippen LogP contribution in [0.25, 0.3) is 0 Å². The molecule has 0 aromatic heterocycles. The standard InChI is InChI=1S/C17H16ClNO2/c1-11-5-6-15-14(9-11)16(20)7-8-19(15)17(21)12-3-2-4-13(18)10-12/h2-6,9-10,16,20H,7-8H2,1H3. The van der Waals surface area contributed by atoms with Crippen molar-refractivity contribution in [3.05, 3.63) is 64.2 Å². The monoisotopic (exact) mass is 301 g/mol. The molecule has 21 heavy (non-hydrogen) atoms. The highest BCUT2D eigenvalue weighted by Gasteiger charge is 2.28. The van der Waals surface area contributed by atoms with Gasteiger partial charge in [-0.2, -0.15) is 0 Å². The summed E-state index contributed by atoms with van der Waals surface area (Å²) in [7, 11) is 0. The number of hydrogen-bond donors (Lipinski definition) is 1. The molecule has 2 aromatic carbocycles. The fourth-order valence-electron chi connectivity index (χ4n) is 2.70. The molecule has 108 valence electrons. The van der Waals surface area contributed by atoms with E-state index in [1.165, 1.54) is 0 Å². The van der Waals surface area contributed by atoms with Gasteiger partial charge in [0, 0.05) is 28.4 Å². The maximum atomic E-state index is 12.7. The Morgan fingerprint density at radius 2 is 2.10 bits per heavy atom. The first kappa shape index (κ1) is 14.1. The van der Waals surface area contributed by atoms with Gasteiger partial charge in [0.25, 0.3) is 5.91 Å². The fourth-order valence-corrected chi connectivity index (χ4v) is 2.89. The topological polar surface area (TPSA) is 40.5 Å². The average molecular weight is 302 g/mol. The molecule has 1 N–H and O–H groups in total. The Labute approximate surface area is 128 Å². The molecule has 0 bridgehead atoms. The maximum absolute atomic E-state index is 12.7. The second-order valence-electron chi connectivity index (χ2n) is 5.33. The number of carbonyl (C=O) groups is 1. The summed E-state index contributed by atoms with van der Waals surface area (Å²) in [6.07, 6.45) is 0.0336. The highest BCUT2D eigenvalue weighted by atomic mass is 35.5. The second kappa shape index (κ2) is 5.51. The number of anilines is 1. The van der Waals surface area contributed by atoms with E-state index in [2.05, 4.69) is 0 Å². The fraction of sp³-hybridized carbons (Fsp3) is 0.235. The molecule has 0 radical (unpaired) electrons. The van der Waals surface area contributed by atoms with Gasteiger partial charge in [0.1, 0.15) is 0 Å². The van der Waals surface area contributed by atoms with Crippen molar-refractivity contribution in [2.75, 3.05) is 11.4 Å². The molecule has 1 aliphatic heterocycles. The van der Waals surface area contributed by atoms with E-state index in [1.807, 2.05) is 25.1 Å². The Morgan fingerprint density at radius 1 is 1.29 bits per heavy atom.